The Morgan fingerprint density at radius 3 is 1.12 bits per heavy atom. The van der Waals surface area contributed by atoms with Crippen molar-refractivity contribution in [2.75, 3.05) is 0 Å². The van der Waals surface area contributed by atoms with Crippen LogP contribution in [0.15, 0.2) is 22.9 Å². The third-order valence-corrected chi connectivity index (χ3v) is 6.60. The lowest BCUT2D eigenvalue weighted by Crippen LogP contribution is -2.19. The van der Waals surface area contributed by atoms with Gasteiger partial charge in [-0.2, -0.15) is 52.7 Å². The first-order valence-electron chi connectivity index (χ1n) is 12.2. The number of aromatic nitrogens is 2. The van der Waals surface area contributed by atoms with Gasteiger partial charge in [-0.15, -0.1) is 0 Å². The molecule has 0 radical (unpaired) electrons. The summed E-state index contributed by atoms with van der Waals surface area (Å²) in [5, 5.41) is 47.2. The lowest BCUT2D eigenvalue weighted by molar-refractivity contribution is -0.152. The highest BCUT2D eigenvalue weighted by Gasteiger charge is 2.48. The van der Waals surface area contributed by atoms with E-state index in [2.05, 4.69) is 9.97 Å². The van der Waals surface area contributed by atoms with Gasteiger partial charge >= 0.3 is 12.4 Å². The van der Waals surface area contributed by atoms with Crippen LogP contribution in [0.2, 0.25) is 0 Å². The van der Waals surface area contributed by atoms with Crippen molar-refractivity contribution in [1.82, 2.24) is 9.97 Å². The summed E-state index contributed by atoms with van der Waals surface area (Å²) in [6.07, 6.45) is -11.8. The predicted molar refractivity (Wildman–Crippen MR) is 132 cm³/mol. The average molecular weight is 713 g/mol. The van der Waals surface area contributed by atoms with E-state index in [9.17, 15) is 59.7 Å². The first kappa shape index (κ1) is 36.1. The fourth-order valence-corrected chi connectivity index (χ4v) is 4.48. The van der Waals surface area contributed by atoms with Crippen LogP contribution in [0.4, 0.5) is 61.5 Å². The summed E-state index contributed by atoms with van der Waals surface area (Å²) in [7, 11) is 0. The molecule has 7 nitrogen and oxygen atoms in total. The molecular formula is C29HF14N7. The maximum Gasteiger partial charge on any atom is 0.451 e. The van der Waals surface area contributed by atoms with E-state index in [0.29, 0.717) is 0 Å². The zero-order valence-electron chi connectivity index (χ0n) is 23.0. The quantitative estimate of drug-likeness (QED) is 0.154. The van der Waals surface area contributed by atoms with Gasteiger partial charge in [0.1, 0.15) is 41.5 Å². The van der Waals surface area contributed by atoms with Crippen molar-refractivity contribution in [2.45, 2.75) is 12.4 Å². The Morgan fingerprint density at radius 2 is 0.840 bits per heavy atom. The van der Waals surface area contributed by atoms with E-state index < -0.39 is 132 Å². The van der Waals surface area contributed by atoms with Crippen molar-refractivity contribution in [3.8, 4) is 30.3 Å². The van der Waals surface area contributed by atoms with Crippen LogP contribution in [0.25, 0.3) is 16.7 Å². The lowest BCUT2D eigenvalue weighted by atomic mass is 9.99. The van der Waals surface area contributed by atoms with Gasteiger partial charge in [0.15, 0.2) is 52.2 Å². The molecule has 0 unspecified atom stereocenters. The second-order valence-corrected chi connectivity index (χ2v) is 9.27. The summed E-state index contributed by atoms with van der Waals surface area (Å²) >= 11 is 0. The SMILES string of the molecule is N#CC(=C1C(=C(/C#N)c2c(F)c(F)c(C#N)c(F)c2F)/C1=C(/C#N)c1c(F)c(F)c(C#N)c(F)c1F)c1cnc(C(F)(F)F)nc1C(F)(F)F. The molecule has 4 rings (SSSR count). The molecule has 0 saturated heterocycles. The van der Waals surface area contributed by atoms with Gasteiger partial charge in [-0.05, 0) is 0 Å². The number of alkyl halides is 6. The summed E-state index contributed by atoms with van der Waals surface area (Å²) in [6.45, 7) is 0. The van der Waals surface area contributed by atoms with Crippen molar-refractivity contribution in [2.24, 2.45) is 0 Å². The van der Waals surface area contributed by atoms with Crippen molar-refractivity contribution < 1.29 is 61.5 Å². The second-order valence-electron chi connectivity index (χ2n) is 9.27. The molecule has 1 aliphatic rings. The predicted octanol–water partition coefficient (Wildman–Crippen LogP) is 7.62. The van der Waals surface area contributed by atoms with E-state index >= 15 is 17.6 Å². The summed E-state index contributed by atoms with van der Waals surface area (Å²) in [6, 6.07) is 4.35. The highest BCUT2D eigenvalue weighted by molar-refractivity contribution is 6.12. The van der Waals surface area contributed by atoms with E-state index in [4.69, 9.17) is 10.5 Å². The van der Waals surface area contributed by atoms with Crippen LogP contribution >= 0.6 is 0 Å². The van der Waals surface area contributed by atoms with Gasteiger partial charge in [0.2, 0.25) is 5.82 Å². The van der Waals surface area contributed by atoms with Gasteiger partial charge in [0.05, 0.1) is 27.8 Å². The molecule has 0 atom stereocenters. The second kappa shape index (κ2) is 12.3. The normalized spacial score (nSPS) is 15.6. The molecule has 3 aromatic rings. The minimum atomic E-state index is -5.91. The fourth-order valence-electron chi connectivity index (χ4n) is 4.48. The highest BCUT2D eigenvalue weighted by atomic mass is 19.4. The maximum atomic E-state index is 15.1. The standard InChI is InChI=1S/C29HF14N7/c30-18-10(4-47)19(31)23(35)16(22(18)34)8(2-45)14-13(7(1-44)12-6-49-27(29(41,42)43)50-26(12)28(38,39)40)15(14)9(3-46)17-24(36)20(32)11(5-48)21(33)25(17)37/h6H/b13-7?,14-8-,15-9+. The van der Waals surface area contributed by atoms with E-state index in [1.807, 2.05) is 0 Å². The molecule has 0 bridgehead atoms. The molecule has 0 aliphatic heterocycles. The van der Waals surface area contributed by atoms with Crippen LogP contribution in [0.5, 0.6) is 0 Å². The smallest absolute Gasteiger partial charge is 0.232 e. The number of hydrogen-bond donors (Lipinski definition) is 0. The third-order valence-electron chi connectivity index (χ3n) is 6.60. The summed E-state index contributed by atoms with van der Waals surface area (Å²) in [4.78, 5) is 4.98. The van der Waals surface area contributed by atoms with Crippen LogP contribution in [0.3, 0.4) is 0 Å². The Bertz CT molecular complexity index is 2210. The van der Waals surface area contributed by atoms with Gasteiger partial charge in [-0.25, -0.2) is 45.1 Å². The van der Waals surface area contributed by atoms with E-state index in [1.165, 1.54) is 0 Å². The topological polar surface area (TPSA) is 145 Å². The number of benzene rings is 2. The molecule has 1 saturated carbocycles. The molecule has 2 aromatic carbocycles. The van der Waals surface area contributed by atoms with E-state index in [-0.39, 0.29) is 6.20 Å². The summed E-state index contributed by atoms with van der Waals surface area (Å²) < 4.78 is 200. The Balaban J connectivity index is 2.35. The maximum absolute atomic E-state index is 15.1. The van der Waals surface area contributed by atoms with Crippen LogP contribution < -0.4 is 0 Å². The van der Waals surface area contributed by atoms with Crippen molar-refractivity contribution in [3.63, 3.8) is 0 Å². The Kier molecular flexibility index (Phi) is 8.90. The highest BCUT2D eigenvalue weighted by Crippen LogP contribution is 2.57. The van der Waals surface area contributed by atoms with Crippen LogP contribution in [-0.2, 0) is 12.4 Å². The monoisotopic (exact) mass is 713 g/mol. The number of allylic oxidation sites excluding steroid dienone is 6. The van der Waals surface area contributed by atoms with Crippen molar-refractivity contribution in [3.05, 3.63) is 109 Å². The molecule has 1 heterocycles. The Morgan fingerprint density at radius 1 is 0.500 bits per heavy atom. The molecule has 1 aromatic heterocycles. The van der Waals surface area contributed by atoms with Gasteiger partial charge < -0.3 is 0 Å². The van der Waals surface area contributed by atoms with Crippen LogP contribution in [0, 0.1) is 103 Å². The van der Waals surface area contributed by atoms with Gasteiger partial charge in [0.25, 0.3) is 0 Å². The number of nitrogens with zero attached hydrogens (tertiary/aromatic N) is 7. The number of rotatable bonds is 3. The van der Waals surface area contributed by atoms with Crippen molar-refractivity contribution in [1.29, 1.82) is 26.3 Å². The molecule has 250 valence electrons. The zero-order chi connectivity index (χ0) is 37.8. The van der Waals surface area contributed by atoms with Crippen LogP contribution in [0.1, 0.15) is 39.3 Å². The van der Waals surface area contributed by atoms with Gasteiger partial charge in [0, 0.05) is 28.5 Å². The molecule has 1 aliphatic carbocycles. The molecule has 21 heteroatoms. The van der Waals surface area contributed by atoms with E-state index in [0.717, 1.165) is 30.3 Å². The molecule has 50 heavy (non-hydrogen) atoms. The molecule has 0 spiro atoms. The first-order chi connectivity index (χ1) is 23.2. The average Bonchev–Trinajstić information content (AvgIpc) is 3.76. The van der Waals surface area contributed by atoms with E-state index in [1.54, 1.807) is 0 Å². The minimum absolute atomic E-state index is 0.277. The lowest BCUT2D eigenvalue weighted by Gasteiger charge is -2.13. The largest absolute Gasteiger partial charge is 0.451 e. The molecular weight excluding hydrogens is 712 g/mol. The van der Waals surface area contributed by atoms with Crippen molar-refractivity contribution >= 4 is 16.7 Å². The summed E-state index contributed by atoms with van der Waals surface area (Å²) in [5.74, 6) is -22.6. The number of nitriles is 5. The summed E-state index contributed by atoms with van der Waals surface area (Å²) in [5.41, 5.74) is -21.9. The zero-order valence-corrected chi connectivity index (χ0v) is 23.0. The molecule has 1 fully saturated rings. The number of hydrogen-bond acceptors (Lipinski definition) is 7. The first-order valence-corrected chi connectivity index (χ1v) is 12.2. The van der Waals surface area contributed by atoms with Crippen LogP contribution in [-0.4, -0.2) is 9.97 Å². The molecule has 0 N–H and O–H groups in total. The third kappa shape index (κ3) is 5.49. The van der Waals surface area contributed by atoms with Gasteiger partial charge in [-0.1, -0.05) is 0 Å². The molecule has 0 amide bonds. The number of halogens is 14. The minimum Gasteiger partial charge on any atom is -0.232 e. The van der Waals surface area contributed by atoms with Gasteiger partial charge in [-0.3, -0.25) is 0 Å². The fraction of sp³-hybridized carbons (Fsp3) is 0.0690. The Labute approximate surface area is 266 Å². The Hall–Kier alpha value is -6.79.